The number of hydrogen-bond acceptors (Lipinski definition) is 1. The SMILES string of the molecule is FC1(F)OC(c2ccc(Cl)cc2)/C1=C\CCc1ccccc1. The van der Waals surface area contributed by atoms with Gasteiger partial charge in [-0.15, -0.1) is 0 Å². The second kappa shape index (κ2) is 6.19. The standard InChI is InChI=1S/C18H15ClF2O/c19-15-11-9-14(10-12-15)17-16(18(20,21)22-17)8-4-7-13-5-2-1-3-6-13/h1-3,5-6,8-12,17H,4,7H2/b16-8+. The number of benzene rings is 2. The molecule has 0 N–H and O–H groups in total. The third-order valence-electron chi connectivity index (χ3n) is 3.70. The van der Waals surface area contributed by atoms with Crippen LogP contribution in [0.4, 0.5) is 8.78 Å². The molecule has 1 aliphatic rings. The fourth-order valence-corrected chi connectivity index (χ4v) is 2.65. The molecule has 3 rings (SSSR count). The monoisotopic (exact) mass is 320 g/mol. The smallest absolute Gasteiger partial charge is 0.304 e. The molecule has 0 bridgehead atoms. The van der Waals surface area contributed by atoms with Crippen molar-refractivity contribution in [2.75, 3.05) is 0 Å². The lowest BCUT2D eigenvalue weighted by molar-refractivity contribution is -0.300. The summed E-state index contributed by atoms with van der Waals surface area (Å²) in [5.74, 6) is 0. The van der Waals surface area contributed by atoms with E-state index in [1.165, 1.54) is 0 Å². The molecule has 1 fully saturated rings. The normalized spacial score (nSPS) is 21.6. The Morgan fingerprint density at radius 1 is 1.05 bits per heavy atom. The van der Waals surface area contributed by atoms with Gasteiger partial charge in [0.25, 0.3) is 0 Å². The Balaban J connectivity index is 1.71. The summed E-state index contributed by atoms with van der Waals surface area (Å²) in [5, 5.41) is 0.574. The van der Waals surface area contributed by atoms with E-state index in [0.717, 1.165) is 12.0 Å². The fraction of sp³-hybridized carbons (Fsp3) is 0.222. The number of rotatable bonds is 4. The van der Waals surface area contributed by atoms with Gasteiger partial charge in [-0.3, -0.25) is 0 Å². The van der Waals surface area contributed by atoms with E-state index in [4.69, 9.17) is 16.3 Å². The van der Waals surface area contributed by atoms with Gasteiger partial charge >= 0.3 is 6.11 Å². The van der Waals surface area contributed by atoms with E-state index in [1.54, 1.807) is 30.3 Å². The van der Waals surface area contributed by atoms with Gasteiger partial charge in [0.05, 0.1) is 5.57 Å². The van der Waals surface area contributed by atoms with E-state index in [1.807, 2.05) is 30.3 Å². The number of allylic oxidation sites excluding steroid dienone is 1. The molecule has 0 aromatic heterocycles. The van der Waals surface area contributed by atoms with Crippen molar-refractivity contribution in [2.24, 2.45) is 0 Å². The molecule has 1 aliphatic heterocycles. The Morgan fingerprint density at radius 2 is 1.73 bits per heavy atom. The van der Waals surface area contributed by atoms with E-state index >= 15 is 0 Å². The molecule has 1 heterocycles. The Bertz CT molecular complexity index is 665. The summed E-state index contributed by atoms with van der Waals surface area (Å²) in [6, 6.07) is 16.6. The highest BCUT2D eigenvalue weighted by molar-refractivity contribution is 6.30. The largest absolute Gasteiger partial charge is 0.383 e. The van der Waals surface area contributed by atoms with Gasteiger partial charge in [0.15, 0.2) is 0 Å². The molecule has 1 saturated heterocycles. The Labute approximate surface area is 133 Å². The van der Waals surface area contributed by atoms with Crippen LogP contribution in [0.2, 0.25) is 5.02 Å². The maximum absolute atomic E-state index is 13.6. The molecule has 1 atom stereocenters. The van der Waals surface area contributed by atoms with Gasteiger partial charge in [-0.05, 0) is 36.1 Å². The number of halogens is 3. The number of hydrogen-bond donors (Lipinski definition) is 0. The van der Waals surface area contributed by atoms with Gasteiger partial charge in [0.2, 0.25) is 0 Å². The van der Waals surface area contributed by atoms with Crippen molar-refractivity contribution >= 4 is 11.6 Å². The van der Waals surface area contributed by atoms with Crippen LogP contribution in [0.15, 0.2) is 66.2 Å². The minimum absolute atomic E-state index is 0.0331. The summed E-state index contributed by atoms with van der Waals surface area (Å²) < 4.78 is 32.0. The van der Waals surface area contributed by atoms with Crippen LogP contribution in [-0.2, 0) is 11.2 Å². The van der Waals surface area contributed by atoms with Crippen molar-refractivity contribution in [1.82, 2.24) is 0 Å². The zero-order valence-electron chi connectivity index (χ0n) is 11.8. The molecule has 0 amide bonds. The summed E-state index contributed by atoms with van der Waals surface area (Å²) in [4.78, 5) is 0. The molecule has 0 spiro atoms. The zero-order valence-corrected chi connectivity index (χ0v) is 12.6. The van der Waals surface area contributed by atoms with E-state index in [2.05, 4.69) is 0 Å². The lowest BCUT2D eigenvalue weighted by atomic mass is 9.94. The van der Waals surface area contributed by atoms with Gasteiger partial charge in [-0.25, -0.2) is 0 Å². The summed E-state index contributed by atoms with van der Waals surface area (Å²) >= 11 is 5.82. The molecule has 0 saturated carbocycles. The Hall–Kier alpha value is -1.71. The summed E-state index contributed by atoms with van der Waals surface area (Å²) in [5.41, 5.74) is 1.86. The second-order valence-corrected chi connectivity index (χ2v) is 5.69. The number of ether oxygens (including phenoxy) is 1. The van der Waals surface area contributed by atoms with Crippen molar-refractivity contribution in [2.45, 2.75) is 25.1 Å². The van der Waals surface area contributed by atoms with Crippen molar-refractivity contribution in [3.05, 3.63) is 82.4 Å². The highest BCUT2D eigenvalue weighted by atomic mass is 35.5. The fourth-order valence-electron chi connectivity index (χ4n) is 2.52. The third kappa shape index (κ3) is 3.21. The van der Waals surface area contributed by atoms with Gasteiger partial charge in [0.1, 0.15) is 6.10 Å². The van der Waals surface area contributed by atoms with E-state index in [-0.39, 0.29) is 5.57 Å². The highest BCUT2D eigenvalue weighted by Crippen LogP contribution is 2.50. The maximum Gasteiger partial charge on any atom is 0.383 e. The summed E-state index contributed by atoms with van der Waals surface area (Å²) in [7, 11) is 0. The van der Waals surface area contributed by atoms with Gasteiger partial charge in [0, 0.05) is 5.02 Å². The quantitative estimate of drug-likeness (QED) is 0.670. The number of alkyl halides is 2. The lowest BCUT2D eigenvalue weighted by Crippen LogP contribution is -2.41. The average molecular weight is 321 g/mol. The van der Waals surface area contributed by atoms with Crippen LogP contribution in [0, 0.1) is 0 Å². The molecular weight excluding hydrogens is 306 g/mol. The van der Waals surface area contributed by atoms with E-state index in [9.17, 15) is 8.78 Å². The summed E-state index contributed by atoms with van der Waals surface area (Å²) in [6.45, 7) is 0. The van der Waals surface area contributed by atoms with Crippen molar-refractivity contribution in [3.63, 3.8) is 0 Å². The molecular formula is C18H15ClF2O. The van der Waals surface area contributed by atoms with Crippen LogP contribution in [0.5, 0.6) is 0 Å². The summed E-state index contributed by atoms with van der Waals surface area (Å²) in [6.07, 6.45) is -0.963. The van der Waals surface area contributed by atoms with Crippen molar-refractivity contribution < 1.29 is 13.5 Å². The second-order valence-electron chi connectivity index (χ2n) is 5.25. The minimum atomic E-state index is -3.17. The molecule has 22 heavy (non-hydrogen) atoms. The van der Waals surface area contributed by atoms with Crippen LogP contribution >= 0.6 is 11.6 Å². The predicted molar refractivity (Wildman–Crippen MR) is 83.1 cm³/mol. The third-order valence-corrected chi connectivity index (χ3v) is 3.95. The molecule has 4 heteroatoms. The first kappa shape index (κ1) is 15.2. The Kier molecular flexibility index (Phi) is 4.27. The maximum atomic E-state index is 13.6. The molecule has 114 valence electrons. The molecule has 0 aliphatic carbocycles. The van der Waals surface area contributed by atoms with Crippen molar-refractivity contribution in [1.29, 1.82) is 0 Å². The van der Waals surface area contributed by atoms with E-state index in [0.29, 0.717) is 17.0 Å². The average Bonchev–Trinajstić information content (AvgIpc) is 2.51. The van der Waals surface area contributed by atoms with Crippen LogP contribution in [0.25, 0.3) is 0 Å². The first-order chi connectivity index (χ1) is 10.6. The van der Waals surface area contributed by atoms with Gasteiger partial charge in [-0.1, -0.05) is 60.1 Å². The molecule has 2 aromatic rings. The van der Waals surface area contributed by atoms with Crippen LogP contribution in [-0.4, -0.2) is 6.11 Å². The highest BCUT2D eigenvalue weighted by Gasteiger charge is 2.53. The molecule has 2 aromatic carbocycles. The minimum Gasteiger partial charge on any atom is -0.304 e. The Morgan fingerprint density at radius 3 is 2.36 bits per heavy atom. The first-order valence-electron chi connectivity index (χ1n) is 7.12. The van der Waals surface area contributed by atoms with Gasteiger partial charge in [-0.2, -0.15) is 8.78 Å². The van der Waals surface area contributed by atoms with Crippen LogP contribution < -0.4 is 0 Å². The molecule has 1 unspecified atom stereocenters. The van der Waals surface area contributed by atoms with Crippen LogP contribution in [0.3, 0.4) is 0 Å². The predicted octanol–water partition coefficient (Wildman–Crippen LogP) is 5.56. The first-order valence-corrected chi connectivity index (χ1v) is 7.49. The van der Waals surface area contributed by atoms with Crippen LogP contribution in [0.1, 0.15) is 23.7 Å². The molecule has 1 nitrogen and oxygen atoms in total. The van der Waals surface area contributed by atoms with Gasteiger partial charge < -0.3 is 4.74 Å². The zero-order chi connectivity index (χ0) is 15.6. The molecule has 0 radical (unpaired) electrons. The number of aryl methyl sites for hydroxylation is 1. The van der Waals surface area contributed by atoms with Crippen molar-refractivity contribution in [3.8, 4) is 0 Å². The topological polar surface area (TPSA) is 9.23 Å². The van der Waals surface area contributed by atoms with E-state index < -0.39 is 12.2 Å². The lowest BCUT2D eigenvalue weighted by Gasteiger charge is -2.38.